The van der Waals surface area contributed by atoms with E-state index in [1.54, 1.807) is 12.0 Å². The van der Waals surface area contributed by atoms with Crippen molar-refractivity contribution in [1.29, 1.82) is 0 Å². The molecule has 0 bridgehead atoms. The van der Waals surface area contributed by atoms with Crippen molar-refractivity contribution in [3.8, 4) is 5.75 Å². The minimum absolute atomic E-state index is 0.0400. The molecule has 1 saturated heterocycles. The molecule has 1 aromatic rings. The van der Waals surface area contributed by atoms with Crippen LogP contribution in [0.5, 0.6) is 5.75 Å². The summed E-state index contributed by atoms with van der Waals surface area (Å²) in [6.45, 7) is 4.47. The number of nitrogens with one attached hydrogen (secondary N) is 1. The molecule has 1 aliphatic carbocycles. The summed E-state index contributed by atoms with van der Waals surface area (Å²) in [5.74, 6) is 0.994. The van der Waals surface area contributed by atoms with Crippen molar-refractivity contribution in [3.05, 3.63) is 23.8 Å². The van der Waals surface area contributed by atoms with Crippen LogP contribution >= 0.6 is 0 Å². The predicted octanol–water partition coefficient (Wildman–Crippen LogP) is 2.29. The highest BCUT2D eigenvalue weighted by Gasteiger charge is 2.36. The number of amides is 2. The Labute approximate surface area is 154 Å². The van der Waals surface area contributed by atoms with Gasteiger partial charge in [0.25, 0.3) is 0 Å². The molecular formula is C20H28N2O4. The summed E-state index contributed by atoms with van der Waals surface area (Å²) < 4.78 is 10.9. The largest absolute Gasteiger partial charge is 0.495 e. The molecule has 2 amide bonds. The van der Waals surface area contributed by atoms with Crippen molar-refractivity contribution in [2.75, 3.05) is 38.3 Å². The first-order chi connectivity index (χ1) is 12.6. The summed E-state index contributed by atoms with van der Waals surface area (Å²) in [4.78, 5) is 26.5. The maximum absolute atomic E-state index is 12.4. The lowest BCUT2D eigenvalue weighted by Crippen LogP contribution is -2.34. The van der Waals surface area contributed by atoms with Crippen LogP contribution in [0.25, 0.3) is 0 Å². The first-order valence-corrected chi connectivity index (χ1v) is 9.39. The summed E-state index contributed by atoms with van der Waals surface area (Å²) in [5.41, 5.74) is 1.79. The quantitative estimate of drug-likeness (QED) is 0.686. The molecule has 1 saturated carbocycles. The van der Waals surface area contributed by atoms with Gasteiger partial charge in [-0.1, -0.05) is 6.07 Å². The van der Waals surface area contributed by atoms with Gasteiger partial charge in [-0.2, -0.15) is 0 Å². The third kappa shape index (κ3) is 4.75. The lowest BCUT2D eigenvalue weighted by atomic mass is 10.1. The van der Waals surface area contributed by atoms with Gasteiger partial charge >= 0.3 is 0 Å². The average molecular weight is 360 g/mol. The number of methoxy groups -OCH3 is 1. The Balaban J connectivity index is 1.47. The highest BCUT2D eigenvalue weighted by Crippen LogP contribution is 2.34. The molecular weight excluding hydrogens is 332 g/mol. The van der Waals surface area contributed by atoms with Gasteiger partial charge < -0.3 is 19.7 Å². The van der Waals surface area contributed by atoms with Gasteiger partial charge in [0, 0.05) is 32.7 Å². The molecule has 6 nitrogen and oxygen atoms in total. The molecule has 1 unspecified atom stereocenters. The van der Waals surface area contributed by atoms with Crippen molar-refractivity contribution in [2.45, 2.75) is 32.6 Å². The van der Waals surface area contributed by atoms with Gasteiger partial charge in [-0.05, 0) is 49.8 Å². The number of aryl methyl sites for hydroxylation is 1. The molecule has 2 aliphatic rings. The van der Waals surface area contributed by atoms with Gasteiger partial charge in [0.15, 0.2) is 0 Å². The topological polar surface area (TPSA) is 67.9 Å². The number of rotatable bonds is 9. The number of carbonyl (C=O) groups excluding carboxylic acids is 2. The number of hydrogen-bond acceptors (Lipinski definition) is 4. The van der Waals surface area contributed by atoms with Crippen molar-refractivity contribution in [3.63, 3.8) is 0 Å². The molecule has 1 aliphatic heterocycles. The first kappa shape index (κ1) is 18.7. The summed E-state index contributed by atoms with van der Waals surface area (Å²) in [6.07, 6.45) is 3.61. The zero-order valence-corrected chi connectivity index (χ0v) is 15.6. The highest BCUT2D eigenvalue weighted by molar-refractivity contribution is 6.01. The molecule has 1 aromatic carbocycles. The van der Waals surface area contributed by atoms with Gasteiger partial charge in [0.1, 0.15) is 5.75 Å². The fourth-order valence-electron chi connectivity index (χ4n) is 3.19. The fourth-order valence-corrected chi connectivity index (χ4v) is 3.19. The molecule has 0 spiro atoms. The number of nitrogens with zero attached hydrogens (tertiary/aromatic N) is 1. The van der Waals surface area contributed by atoms with E-state index in [4.69, 9.17) is 9.47 Å². The Morgan fingerprint density at radius 1 is 1.35 bits per heavy atom. The lowest BCUT2D eigenvalue weighted by Gasteiger charge is -2.20. The smallest absolute Gasteiger partial charge is 0.227 e. The van der Waals surface area contributed by atoms with Crippen LogP contribution in [-0.2, 0) is 14.3 Å². The summed E-state index contributed by atoms with van der Waals surface area (Å²) >= 11 is 0. The molecule has 2 fully saturated rings. The maximum Gasteiger partial charge on any atom is 0.227 e. The van der Waals surface area contributed by atoms with Crippen LogP contribution in [0.2, 0.25) is 0 Å². The summed E-state index contributed by atoms with van der Waals surface area (Å²) in [7, 11) is 1.59. The fraction of sp³-hybridized carbons (Fsp3) is 0.600. The van der Waals surface area contributed by atoms with Crippen molar-refractivity contribution >= 4 is 17.5 Å². The number of anilines is 1. The standard InChI is InChI=1S/C20H28N2O4/c1-14-4-7-18(25-2)17(10-14)22-12-16(11-19(22)23)20(24)21-8-3-9-26-13-15-5-6-15/h4,7,10,15-16H,3,5-6,8-9,11-13H2,1-2H3,(H,21,24). The Morgan fingerprint density at radius 3 is 2.88 bits per heavy atom. The van der Waals surface area contributed by atoms with Crippen LogP contribution < -0.4 is 15.0 Å². The second-order valence-corrected chi connectivity index (χ2v) is 7.24. The van der Waals surface area contributed by atoms with E-state index in [0.717, 1.165) is 30.2 Å². The molecule has 1 N–H and O–H groups in total. The van der Waals surface area contributed by atoms with E-state index in [1.165, 1.54) is 12.8 Å². The Morgan fingerprint density at radius 2 is 2.15 bits per heavy atom. The van der Waals surface area contributed by atoms with Crippen LogP contribution in [-0.4, -0.2) is 45.2 Å². The van der Waals surface area contributed by atoms with Crippen molar-refractivity contribution in [1.82, 2.24) is 5.32 Å². The van der Waals surface area contributed by atoms with Crippen LogP contribution in [0.4, 0.5) is 5.69 Å². The Kier molecular flexibility index (Phi) is 6.14. The SMILES string of the molecule is COc1ccc(C)cc1N1CC(C(=O)NCCCOCC2CC2)CC1=O. The van der Waals surface area contributed by atoms with E-state index < -0.39 is 0 Å². The number of carbonyl (C=O) groups is 2. The highest BCUT2D eigenvalue weighted by atomic mass is 16.5. The maximum atomic E-state index is 12.4. The summed E-state index contributed by atoms with van der Waals surface area (Å²) in [6, 6.07) is 5.72. The van der Waals surface area contributed by atoms with Gasteiger partial charge in [-0.15, -0.1) is 0 Å². The monoisotopic (exact) mass is 360 g/mol. The summed E-state index contributed by atoms with van der Waals surface area (Å²) in [5, 5.41) is 2.93. The second-order valence-electron chi connectivity index (χ2n) is 7.24. The molecule has 1 atom stereocenters. The zero-order chi connectivity index (χ0) is 18.5. The molecule has 3 rings (SSSR count). The Hall–Kier alpha value is -2.08. The van der Waals surface area contributed by atoms with Crippen molar-refractivity contribution in [2.24, 2.45) is 11.8 Å². The third-order valence-electron chi connectivity index (χ3n) is 4.94. The lowest BCUT2D eigenvalue weighted by molar-refractivity contribution is -0.126. The molecule has 142 valence electrons. The van der Waals surface area contributed by atoms with Crippen LogP contribution in [0.3, 0.4) is 0 Å². The van der Waals surface area contributed by atoms with E-state index in [0.29, 0.717) is 25.4 Å². The minimum atomic E-state index is -0.319. The van der Waals surface area contributed by atoms with Crippen LogP contribution in [0.1, 0.15) is 31.2 Å². The average Bonchev–Trinajstić information content (AvgIpc) is 3.37. The van der Waals surface area contributed by atoms with Crippen molar-refractivity contribution < 1.29 is 19.1 Å². The van der Waals surface area contributed by atoms with Gasteiger partial charge in [-0.3, -0.25) is 9.59 Å². The van der Waals surface area contributed by atoms with Gasteiger partial charge in [0.2, 0.25) is 11.8 Å². The molecule has 0 aromatic heterocycles. The van der Waals surface area contributed by atoms with E-state index in [9.17, 15) is 9.59 Å². The van der Waals surface area contributed by atoms with E-state index in [2.05, 4.69) is 5.32 Å². The second kappa shape index (κ2) is 8.54. The number of ether oxygens (including phenoxy) is 2. The first-order valence-electron chi connectivity index (χ1n) is 9.39. The predicted molar refractivity (Wildman–Crippen MR) is 99.4 cm³/mol. The number of benzene rings is 1. The van der Waals surface area contributed by atoms with E-state index in [-0.39, 0.29) is 24.2 Å². The van der Waals surface area contributed by atoms with Crippen LogP contribution in [0.15, 0.2) is 18.2 Å². The molecule has 1 heterocycles. The van der Waals surface area contributed by atoms with Gasteiger partial charge in [-0.25, -0.2) is 0 Å². The third-order valence-corrected chi connectivity index (χ3v) is 4.94. The van der Waals surface area contributed by atoms with Gasteiger partial charge in [0.05, 0.1) is 18.7 Å². The molecule has 26 heavy (non-hydrogen) atoms. The van der Waals surface area contributed by atoms with Crippen LogP contribution in [0, 0.1) is 18.8 Å². The molecule has 6 heteroatoms. The number of hydrogen-bond donors (Lipinski definition) is 1. The van der Waals surface area contributed by atoms with E-state index >= 15 is 0 Å². The Bertz CT molecular complexity index is 657. The molecule has 0 radical (unpaired) electrons. The minimum Gasteiger partial charge on any atom is -0.495 e. The zero-order valence-electron chi connectivity index (χ0n) is 15.6. The normalized spacial score (nSPS) is 19.7. The van der Waals surface area contributed by atoms with E-state index in [1.807, 2.05) is 25.1 Å².